The van der Waals surface area contributed by atoms with Gasteiger partial charge in [-0.1, -0.05) is 29.8 Å². The number of para-hydroxylation sites is 1. The Bertz CT molecular complexity index is 845. The third-order valence-electron chi connectivity index (χ3n) is 4.19. The predicted molar refractivity (Wildman–Crippen MR) is 87.1 cm³/mol. The fourth-order valence-corrected chi connectivity index (χ4v) is 4.14. The van der Waals surface area contributed by atoms with Gasteiger partial charge in [0.25, 0.3) is 0 Å². The first-order chi connectivity index (χ1) is 11.7. The third kappa shape index (κ3) is 3.54. The molecule has 0 bridgehead atoms. The number of nitrogens with zero attached hydrogens (tertiary/aromatic N) is 3. The number of benzene rings is 1. The number of alkyl halides is 3. The summed E-state index contributed by atoms with van der Waals surface area (Å²) in [4.78, 5) is 0. The Labute approximate surface area is 148 Å². The maximum atomic E-state index is 12.6. The summed E-state index contributed by atoms with van der Waals surface area (Å²) in [6.45, 7) is -0.415. The number of sulfonamides is 1. The van der Waals surface area contributed by atoms with Crippen molar-refractivity contribution in [3.05, 3.63) is 47.2 Å². The predicted octanol–water partition coefficient (Wildman–Crippen LogP) is 3.55. The minimum atomic E-state index is -5.28. The highest BCUT2D eigenvalue weighted by Crippen LogP contribution is 2.35. The normalized spacial score (nSPS) is 17.8. The van der Waals surface area contributed by atoms with E-state index >= 15 is 0 Å². The molecule has 25 heavy (non-hydrogen) atoms. The van der Waals surface area contributed by atoms with Gasteiger partial charge in [-0.15, -0.1) is 0 Å². The second-order valence-corrected chi connectivity index (χ2v) is 8.10. The van der Waals surface area contributed by atoms with Crippen molar-refractivity contribution >= 4 is 21.6 Å². The molecule has 0 unspecified atom stereocenters. The van der Waals surface area contributed by atoms with Crippen LogP contribution in [0, 0.1) is 0 Å². The van der Waals surface area contributed by atoms with Crippen LogP contribution >= 0.6 is 11.6 Å². The van der Waals surface area contributed by atoms with Crippen LogP contribution in [0.25, 0.3) is 5.69 Å². The van der Waals surface area contributed by atoms with Gasteiger partial charge in [-0.05, 0) is 25.0 Å². The van der Waals surface area contributed by atoms with Crippen molar-refractivity contribution in [2.75, 3.05) is 13.1 Å². The van der Waals surface area contributed by atoms with Crippen molar-refractivity contribution in [1.82, 2.24) is 14.1 Å². The first-order valence-corrected chi connectivity index (χ1v) is 9.39. The lowest BCUT2D eigenvalue weighted by Gasteiger charge is -2.30. The number of hydrogen-bond acceptors (Lipinski definition) is 3. The minimum absolute atomic E-state index is 0.183. The van der Waals surface area contributed by atoms with E-state index in [-0.39, 0.29) is 31.8 Å². The fraction of sp³-hybridized carbons (Fsp3) is 0.400. The van der Waals surface area contributed by atoms with Gasteiger partial charge < -0.3 is 0 Å². The number of piperidine rings is 1. The van der Waals surface area contributed by atoms with Gasteiger partial charge in [0.05, 0.1) is 16.4 Å². The van der Waals surface area contributed by atoms with Crippen molar-refractivity contribution in [1.29, 1.82) is 0 Å². The highest BCUT2D eigenvalue weighted by atomic mass is 35.5. The van der Waals surface area contributed by atoms with E-state index in [1.807, 2.05) is 30.3 Å². The van der Waals surface area contributed by atoms with E-state index in [9.17, 15) is 21.6 Å². The second-order valence-electron chi connectivity index (χ2n) is 5.77. The van der Waals surface area contributed by atoms with Gasteiger partial charge in [-0.2, -0.15) is 22.6 Å². The van der Waals surface area contributed by atoms with E-state index in [1.54, 1.807) is 10.9 Å². The molecule has 0 atom stereocenters. The molecule has 10 heteroatoms. The molecule has 0 saturated carbocycles. The van der Waals surface area contributed by atoms with E-state index in [0.717, 1.165) is 5.69 Å². The molecule has 1 aliphatic heterocycles. The molecule has 1 aliphatic rings. The van der Waals surface area contributed by atoms with E-state index in [1.165, 1.54) is 0 Å². The van der Waals surface area contributed by atoms with Gasteiger partial charge in [0, 0.05) is 25.2 Å². The molecule has 3 rings (SSSR count). The quantitative estimate of drug-likeness (QED) is 0.801. The molecule has 2 heterocycles. The monoisotopic (exact) mass is 393 g/mol. The summed E-state index contributed by atoms with van der Waals surface area (Å²) < 4.78 is 62.9. The molecule has 1 aromatic carbocycles. The molecule has 1 fully saturated rings. The summed E-state index contributed by atoms with van der Waals surface area (Å²) >= 11 is 6.23. The van der Waals surface area contributed by atoms with Crippen LogP contribution in [0.2, 0.25) is 5.02 Å². The zero-order valence-corrected chi connectivity index (χ0v) is 14.5. The van der Waals surface area contributed by atoms with Crippen molar-refractivity contribution in [2.45, 2.75) is 24.3 Å². The molecular formula is C15H15ClF3N3O2S. The van der Waals surface area contributed by atoms with Crippen LogP contribution in [0.15, 0.2) is 36.5 Å². The topological polar surface area (TPSA) is 55.2 Å². The van der Waals surface area contributed by atoms with Crippen LogP contribution in [0.5, 0.6) is 0 Å². The number of halogens is 4. The minimum Gasteiger partial charge on any atom is -0.239 e. The van der Waals surface area contributed by atoms with Crippen LogP contribution in [0.4, 0.5) is 13.2 Å². The summed E-state index contributed by atoms with van der Waals surface area (Å²) in [6.07, 6.45) is 2.12. The molecule has 1 aromatic heterocycles. The first-order valence-electron chi connectivity index (χ1n) is 7.57. The first kappa shape index (κ1) is 18.2. The van der Waals surface area contributed by atoms with Crippen molar-refractivity contribution in [2.24, 2.45) is 0 Å². The Kier molecular flexibility index (Phi) is 4.82. The van der Waals surface area contributed by atoms with Crippen LogP contribution in [0.3, 0.4) is 0 Å². The van der Waals surface area contributed by atoms with Crippen LogP contribution < -0.4 is 0 Å². The van der Waals surface area contributed by atoms with Crippen molar-refractivity contribution in [3.8, 4) is 5.69 Å². The highest BCUT2D eigenvalue weighted by Gasteiger charge is 2.50. The maximum Gasteiger partial charge on any atom is 0.511 e. The Morgan fingerprint density at radius 3 is 2.28 bits per heavy atom. The highest BCUT2D eigenvalue weighted by molar-refractivity contribution is 7.90. The molecule has 0 spiro atoms. The molecular weight excluding hydrogens is 379 g/mol. The number of aromatic nitrogens is 2. The summed E-state index contributed by atoms with van der Waals surface area (Å²) in [7, 11) is -5.28. The molecule has 0 amide bonds. The van der Waals surface area contributed by atoms with Gasteiger partial charge in [-0.3, -0.25) is 0 Å². The van der Waals surface area contributed by atoms with Crippen molar-refractivity contribution in [3.63, 3.8) is 0 Å². The molecule has 136 valence electrons. The van der Waals surface area contributed by atoms with Gasteiger partial charge in [0.15, 0.2) is 0 Å². The van der Waals surface area contributed by atoms with Crippen LogP contribution in [-0.4, -0.2) is 41.1 Å². The summed E-state index contributed by atoms with van der Waals surface area (Å²) in [5.41, 5.74) is -3.88. The number of hydrogen-bond donors (Lipinski definition) is 0. The van der Waals surface area contributed by atoms with Crippen LogP contribution in [-0.2, 0) is 10.0 Å². The maximum absolute atomic E-state index is 12.6. The molecule has 5 nitrogen and oxygen atoms in total. The Hall–Kier alpha value is -1.58. The molecule has 2 aromatic rings. The van der Waals surface area contributed by atoms with Crippen LogP contribution in [0.1, 0.15) is 24.5 Å². The molecule has 0 aliphatic carbocycles. The standard InChI is InChI=1S/C15H15ClF3N3O2S/c16-13-10-22(12-4-2-1-3-5-12)20-14(13)11-6-8-21(9-7-11)25(23,24)15(17,18)19/h1-5,10-11H,6-9H2. The van der Waals surface area contributed by atoms with E-state index in [2.05, 4.69) is 5.10 Å². The lowest BCUT2D eigenvalue weighted by molar-refractivity contribution is -0.0494. The second kappa shape index (κ2) is 6.62. The average Bonchev–Trinajstić information content (AvgIpc) is 2.96. The largest absolute Gasteiger partial charge is 0.511 e. The lowest BCUT2D eigenvalue weighted by Crippen LogP contribution is -2.44. The summed E-state index contributed by atoms with van der Waals surface area (Å²) in [6, 6.07) is 9.28. The Balaban J connectivity index is 1.75. The third-order valence-corrected chi connectivity index (χ3v) is 6.11. The van der Waals surface area contributed by atoms with Gasteiger partial charge >= 0.3 is 15.5 Å². The van der Waals surface area contributed by atoms with E-state index in [0.29, 0.717) is 15.0 Å². The van der Waals surface area contributed by atoms with Crippen molar-refractivity contribution < 1.29 is 21.6 Å². The summed E-state index contributed by atoms with van der Waals surface area (Å²) in [5.74, 6) is -0.183. The average molecular weight is 394 g/mol. The van der Waals surface area contributed by atoms with E-state index in [4.69, 9.17) is 11.6 Å². The SMILES string of the molecule is O=S(=O)(N1CCC(c2nn(-c3ccccc3)cc2Cl)CC1)C(F)(F)F. The fourth-order valence-electron chi connectivity index (χ4n) is 2.87. The lowest BCUT2D eigenvalue weighted by atomic mass is 9.95. The summed E-state index contributed by atoms with van der Waals surface area (Å²) in [5, 5.41) is 4.85. The van der Waals surface area contributed by atoms with Gasteiger partial charge in [0.1, 0.15) is 0 Å². The molecule has 0 radical (unpaired) electrons. The smallest absolute Gasteiger partial charge is 0.239 e. The Morgan fingerprint density at radius 2 is 1.72 bits per heavy atom. The molecule has 1 saturated heterocycles. The zero-order valence-electron chi connectivity index (χ0n) is 12.9. The molecule has 0 N–H and O–H groups in total. The Morgan fingerprint density at radius 1 is 1.12 bits per heavy atom. The zero-order chi connectivity index (χ0) is 18.2. The van der Waals surface area contributed by atoms with E-state index < -0.39 is 15.5 Å². The number of rotatable bonds is 3. The van der Waals surface area contributed by atoms with Gasteiger partial charge in [-0.25, -0.2) is 13.1 Å². The van der Waals surface area contributed by atoms with Gasteiger partial charge in [0.2, 0.25) is 0 Å².